The number of fused-ring (bicyclic) bond motifs is 1. The smallest absolute Gasteiger partial charge is 0.332 e. The van der Waals surface area contributed by atoms with Crippen molar-refractivity contribution >= 4 is 11.2 Å². The molecule has 154 valence electrons. The topological polar surface area (TPSA) is 75.9 Å². The number of benzene rings is 1. The SMILES string of the molecule is Cc1ccc(CCC2CCN(Cc3nc4c([nH]3)c(=O)n(C)c(=O)n4C)CC2)cc1. The number of nitrogens with zero attached hydrogens (tertiary/aromatic N) is 4. The first-order valence-electron chi connectivity index (χ1n) is 10.3. The van der Waals surface area contributed by atoms with Crippen LogP contribution < -0.4 is 11.2 Å². The Labute approximate surface area is 170 Å². The summed E-state index contributed by atoms with van der Waals surface area (Å²) in [6.07, 6.45) is 4.75. The summed E-state index contributed by atoms with van der Waals surface area (Å²) in [5.74, 6) is 1.51. The molecule has 3 aromatic rings. The van der Waals surface area contributed by atoms with Gasteiger partial charge >= 0.3 is 5.69 Å². The van der Waals surface area contributed by atoms with Crippen LogP contribution in [0.2, 0.25) is 0 Å². The molecule has 7 nitrogen and oxygen atoms in total. The van der Waals surface area contributed by atoms with Crippen molar-refractivity contribution in [3.8, 4) is 0 Å². The average molecular weight is 396 g/mol. The molecule has 0 bridgehead atoms. The summed E-state index contributed by atoms with van der Waals surface area (Å²) in [6.45, 7) is 4.87. The number of aryl methyl sites for hydroxylation is 3. The minimum Gasteiger partial charge on any atom is -0.335 e. The fourth-order valence-corrected chi connectivity index (χ4v) is 4.22. The maximum atomic E-state index is 12.3. The Morgan fingerprint density at radius 3 is 2.45 bits per heavy atom. The van der Waals surface area contributed by atoms with E-state index in [-0.39, 0.29) is 11.2 Å². The quantitative estimate of drug-likeness (QED) is 0.718. The Bertz CT molecular complexity index is 1120. The minimum atomic E-state index is -0.352. The largest absolute Gasteiger partial charge is 0.335 e. The van der Waals surface area contributed by atoms with Crippen LogP contribution in [0.1, 0.15) is 36.2 Å². The van der Waals surface area contributed by atoms with E-state index in [1.165, 1.54) is 42.0 Å². The zero-order valence-electron chi connectivity index (χ0n) is 17.4. The summed E-state index contributed by atoms with van der Waals surface area (Å²) in [4.78, 5) is 34.4. The van der Waals surface area contributed by atoms with Crippen molar-refractivity contribution in [2.24, 2.45) is 20.0 Å². The lowest BCUT2D eigenvalue weighted by Crippen LogP contribution is -2.36. The van der Waals surface area contributed by atoms with E-state index in [4.69, 9.17) is 0 Å². The third kappa shape index (κ3) is 4.05. The van der Waals surface area contributed by atoms with Gasteiger partial charge in [0.15, 0.2) is 5.65 Å². The van der Waals surface area contributed by atoms with Crippen molar-refractivity contribution in [2.75, 3.05) is 13.1 Å². The molecule has 2 aromatic heterocycles. The van der Waals surface area contributed by atoms with E-state index in [0.29, 0.717) is 17.7 Å². The number of aromatic nitrogens is 4. The van der Waals surface area contributed by atoms with Crippen molar-refractivity contribution in [1.29, 1.82) is 0 Å². The van der Waals surface area contributed by atoms with Gasteiger partial charge in [0.2, 0.25) is 0 Å². The third-order valence-corrected chi connectivity index (χ3v) is 6.19. The number of imidazole rings is 1. The molecule has 3 heterocycles. The zero-order valence-corrected chi connectivity index (χ0v) is 17.4. The van der Waals surface area contributed by atoms with E-state index < -0.39 is 0 Å². The van der Waals surface area contributed by atoms with Gasteiger partial charge in [-0.05, 0) is 57.2 Å². The van der Waals surface area contributed by atoms with Gasteiger partial charge in [-0.2, -0.15) is 0 Å². The molecule has 7 heteroatoms. The van der Waals surface area contributed by atoms with E-state index >= 15 is 0 Å². The second-order valence-electron chi connectivity index (χ2n) is 8.33. The highest BCUT2D eigenvalue weighted by atomic mass is 16.2. The molecule has 1 aromatic carbocycles. The first kappa shape index (κ1) is 19.6. The van der Waals surface area contributed by atoms with Crippen molar-refractivity contribution < 1.29 is 0 Å². The van der Waals surface area contributed by atoms with Gasteiger partial charge < -0.3 is 4.98 Å². The molecule has 1 aliphatic rings. The number of hydrogen-bond donors (Lipinski definition) is 1. The summed E-state index contributed by atoms with van der Waals surface area (Å²) in [7, 11) is 3.14. The molecule has 0 amide bonds. The van der Waals surface area contributed by atoms with E-state index in [0.717, 1.165) is 35.8 Å². The molecule has 0 unspecified atom stereocenters. The molecule has 0 saturated carbocycles. The molecule has 1 N–H and O–H groups in total. The first-order chi connectivity index (χ1) is 13.9. The maximum absolute atomic E-state index is 12.3. The maximum Gasteiger partial charge on any atom is 0.332 e. The Kier molecular flexibility index (Phi) is 5.41. The van der Waals surface area contributed by atoms with Crippen LogP contribution in [0.3, 0.4) is 0 Å². The zero-order chi connectivity index (χ0) is 20.5. The molecule has 0 radical (unpaired) electrons. The Morgan fingerprint density at radius 2 is 1.76 bits per heavy atom. The number of nitrogens with one attached hydrogen (secondary N) is 1. The number of H-pyrrole nitrogens is 1. The summed E-state index contributed by atoms with van der Waals surface area (Å²) >= 11 is 0. The lowest BCUT2D eigenvalue weighted by Gasteiger charge is -2.31. The van der Waals surface area contributed by atoms with E-state index in [9.17, 15) is 9.59 Å². The molecule has 0 atom stereocenters. The van der Waals surface area contributed by atoms with Gasteiger partial charge in [-0.1, -0.05) is 29.8 Å². The first-order valence-corrected chi connectivity index (χ1v) is 10.3. The minimum absolute atomic E-state index is 0.323. The van der Waals surface area contributed by atoms with Gasteiger partial charge in [0.25, 0.3) is 5.56 Å². The van der Waals surface area contributed by atoms with Crippen LogP contribution in [0.15, 0.2) is 33.9 Å². The molecule has 1 aliphatic heterocycles. The van der Waals surface area contributed by atoms with E-state index in [1.807, 2.05) is 0 Å². The number of aromatic amines is 1. The molecular formula is C22H29N5O2. The molecule has 1 saturated heterocycles. The Hall–Kier alpha value is -2.67. The summed E-state index contributed by atoms with van der Waals surface area (Å²) in [5.41, 5.74) is 2.89. The van der Waals surface area contributed by atoms with Crippen LogP contribution >= 0.6 is 0 Å². The monoisotopic (exact) mass is 395 g/mol. The number of rotatable bonds is 5. The van der Waals surface area contributed by atoms with Crippen molar-refractivity contribution in [3.05, 3.63) is 62.1 Å². The van der Waals surface area contributed by atoms with Gasteiger partial charge in [-0.15, -0.1) is 0 Å². The molecular weight excluding hydrogens is 366 g/mol. The molecule has 29 heavy (non-hydrogen) atoms. The lowest BCUT2D eigenvalue weighted by molar-refractivity contribution is 0.169. The second kappa shape index (κ2) is 7.99. The Morgan fingerprint density at radius 1 is 1.07 bits per heavy atom. The summed E-state index contributed by atoms with van der Waals surface area (Å²) in [6, 6.07) is 8.86. The van der Waals surface area contributed by atoms with Crippen LogP contribution in [0, 0.1) is 12.8 Å². The highest BCUT2D eigenvalue weighted by molar-refractivity contribution is 5.69. The van der Waals surface area contributed by atoms with E-state index in [1.54, 1.807) is 7.05 Å². The van der Waals surface area contributed by atoms with Gasteiger partial charge in [-0.25, -0.2) is 9.78 Å². The fraction of sp³-hybridized carbons (Fsp3) is 0.500. The lowest BCUT2D eigenvalue weighted by atomic mass is 9.90. The van der Waals surface area contributed by atoms with Crippen LogP contribution in [-0.2, 0) is 27.1 Å². The summed E-state index contributed by atoms with van der Waals surface area (Å²) < 4.78 is 2.54. The van der Waals surface area contributed by atoms with Gasteiger partial charge in [-0.3, -0.25) is 18.8 Å². The van der Waals surface area contributed by atoms with Gasteiger partial charge in [0, 0.05) is 14.1 Å². The summed E-state index contributed by atoms with van der Waals surface area (Å²) in [5, 5.41) is 0. The predicted octanol–water partition coefficient (Wildman–Crippen LogP) is 2.11. The van der Waals surface area contributed by atoms with E-state index in [2.05, 4.69) is 46.1 Å². The molecule has 4 rings (SSSR count). The number of likely N-dealkylation sites (tertiary alicyclic amines) is 1. The molecule has 0 aliphatic carbocycles. The highest BCUT2D eigenvalue weighted by Gasteiger charge is 2.21. The van der Waals surface area contributed by atoms with Crippen molar-refractivity contribution in [3.63, 3.8) is 0 Å². The second-order valence-corrected chi connectivity index (χ2v) is 8.33. The predicted molar refractivity (Wildman–Crippen MR) is 114 cm³/mol. The average Bonchev–Trinajstić information content (AvgIpc) is 3.15. The van der Waals surface area contributed by atoms with Crippen LogP contribution in [0.4, 0.5) is 0 Å². The van der Waals surface area contributed by atoms with Crippen LogP contribution in [0.25, 0.3) is 11.2 Å². The normalized spacial score (nSPS) is 16.0. The fourth-order valence-electron chi connectivity index (χ4n) is 4.22. The molecule has 0 spiro atoms. The Balaban J connectivity index is 1.35. The van der Waals surface area contributed by atoms with Crippen LogP contribution in [0.5, 0.6) is 0 Å². The molecule has 1 fully saturated rings. The van der Waals surface area contributed by atoms with Crippen LogP contribution in [-0.4, -0.2) is 37.1 Å². The van der Waals surface area contributed by atoms with Crippen molar-refractivity contribution in [2.45, 2.75) is 39.2 Å². The third-order valence-electron chi connectivity index (χ3n) is 6.19. The number of piperidine rings is 1. The van der Waals surface area contributed by atoms with Gasteiger partial charge in [0.05, 0.1) is 6.54 Å². The van der Waals surface area contributed by atoms with Crippen molar-refractivity contribution in [1.82, 2.24) is 24.0 Å². The number of hydrogen-bond acceptors (Lipinski definition) is 4. The highest BCUT2D eigenvalue weighted by Crippen LogP contribution is 2.23. The van der Waals surface area contributed by atoms with Gasteiger partial charge in [0.1, 0.15) is 11.3 Å². The standard InChI is InChI=1S/C22H29N5O2/c1-15-4-6-16(7-5-15)8-9-17-10-12-27(13-11-17)14-18-23-19-20(24-18)25(2)22(29)26(3)21(19)28/h4-7,17H,8-14H2,1-3H3,(H,23,24).